The van der Waals surface area contributed by atoms with Gasteiger partial charge < -0.3 is 15.1 Å². The standard InChI is InChI=1S/C14H18FN3O2/c1-11(19)17-5-7-18(8-6-17)14(20)10-16-13-4-2-3-12(15)9-13/h2-4,9,16H,5-8,10H2,1H3. The van der Waals surface area contributed by atoms with Gasteiger partial charge in [-0.15, -0.1) is 0 Å². The smallest absolute Gasteiger partial charge is 0.241 e. The summed E-state index contributed by atoms with van der Waals surface area (Å²) in [6.45, 7) is 3.89. The van der Waals surface area contributed by atoms with Gasteiger partial charge in [-0.25, -0.2) is 4.39 Å². The molecule has 6 heteroatoms. The Morgan fingerprint density at radius 1 is 1.20 bits per heavy atom. The molecular weight excluding hydrogens is 261 g/mol. The van der Waals surface area contributed by atoms with E-state index in [0.29, 0.717) is 31.9 Å². The van der Waals surface area contributed by atoms with E-state index in [1.807, 2.05) is 0 Å². The van der Waals surface area contributed by atoms with Crippen LogP contribution in [-0.4, -0.2) is 54.3 Å². The number of benzene rings is 1. The molecule has 1 aromatic carbocycles. The van der Waals surface area contributed by atoms with E-state index >= 15 is 0 Å². The van der Waals surface area contributed by atoms with E-state index in [0.717, 1.165) is 0 Å². The Balaban J connectivity index is 1.80. The lowest BCUT2D eigenvalue weighted by Gasteiger charge is -2.34. The number of anilines is 1. The number of hydrogen-bond acceptors (Lipinski definition) is 3. The molecule has 0 atom stereocenters. The summed E-state index contributed by atoms with van der Waals surface area (Å²) in [6.07, 6.45) is 0. The summed E-state index contributed by atoms with van der Waals surface area (Å²) in [5, 5.41) is 2.90. The summed E-state index contributed by atoms with van der Waals surface area (Å²) in [4.78, 5) is 26.6. The molecule has 2 amide bonds. The van der Waals surface area contributed by atoms with Crippen molar-refractivity contribution in [3.63, 3.8) is 0 Å². The minimum Gasteiger partial charge on any atom is -0.376 e. The van der Waals surface area contributed by atoms with Crippen LogP contribution in [0.5, 0.6) is 0 Å². The third-order valence-corrected chi connectivity index (χ3v) is 3.35. The number of halogens is 1. The zero-order chi connectivity index (χ0) is 14.5. The zero-order valence-corrected chi connectivity index (χ0v) is 11.4. The number of nitrogens with zero attached hydrogens (tertiary/aromatic N) is 2. The van der Waals surface area contributed by atoms with E-state index in [2.05, 4.69) is 5.32 Å². The zero-order valence-electron chi connectivity index (χ0n) is 11.4. The molecule has 2 rings (SSSR count). The van der Waals surface area contributed by atoms with Crippen molar-refractivity contribution in [3.8, 4) is 0 Å². The van der Waals surface area contributed by atoms with E-state index < -0.39 is 0 Å². The average molecular weight is 279 g/mol. The Morgan fingerprint density at radius 2 is 1.85 bits per heavy atom. The molecule has 1 N–H and O–H groups in total. The van der Waals surface area contributed by atoms with Crippen LogP contribution >= 0.6 is 0 Å². The molecule has 1 aromatic rings. The lowest BCUT2D eigenvalue weighted by molar-refractivity contribution is -0.137. The third kappa shape index (κ3) is 3.69. The second kappa shape index (κ2) is 6.36. The lowest BCUT2D eigenvalue weighted by Crippen LogP contribution is -2.51. The first-order valence-electron chi connectivity index (χ1n) is 6.59. The van der Waals surface area contributed by atoms with Crippen molar-refractivity contribution < 1.29 is 14.0 Å². The van der Waals surface area contributed by atoms with Gasteiger partial charge in [0.2, 0.25) is 11.8 Å². The highest BCUT2D eigenvalue weighted by molar-refractivity contribution is 5.81. The minimum absolute atomic E-state index is 0.0370. The monoisotopic (exact) mass is 279 g/mol. The molecule has 1 saturated heterocycles. The third-order valence-electron chi connectivity index (χ3n) is 3.35. The molecule has 0 bridgehead atoms. The summed E-state index contributed by atoms with van der Waals surface area (Å²) < 4.78 is 13.0. The van der Waals surface area contributed by atoms with Gasteiger partial charge in [0.05, 0.1) is 6.54 Å². The van der Waals surface area contributed by atoms with Crippen LogP contribution in [0.15, 0.2) is 24.3 Å². The van der Waals surface area contributed by atoms with E-state index in [1.54, 1.807) is 21.9 Å². The highest BCUT2D eigenvalue weighted by Crippen LogP contribution is 2.09. The number of rotatable bonds is 3. The maximum atomic E-state index is 13.0. The number of amides is 2. The normalized spacial score (nSPS) is 15.1. The van der Waals surface area contributed by atoms with Crippen molar-refractivity contribution in [2.45, 2.75) is 6.92 Å². The predicted molar refractivity (Wildman–Crippen MR) is 73.7 cm³/mol. The van der Waals surface area contributed by atoms with Crippen LogP contribution in [0.25, 0.3) is 0 Å². The van der Waals surface area contributed by atoms with Gasteiger partial charge in [-0.3, -0.25) is 9.59 Å². The highest BCUT2D eigenvalue weighted by atomic mass is 19.1. The Hall–Kier alpha value is -2.11. The molecule has 0 aromatic heterocycles. The van der Waals surface area contributed by atoms with Crippen LogP contribution in [0.2, 0.25) is 0 Å². The second-order valence-electron chi connectivity index (χ2n) is 4.75. The van der Waals surface area contributed by atoms with Gasteiger partial charge in [-0.2, -0.15) is 0 Å². The fraction of sp³-hybridized carbons (Fsp3) is 0.429. The van der Waals surface area contributed by atoms with Gasteiger partial charge in [0.15, 0.2) is 0 Å². The molecular formula is C14H18FN3O2. The van der Waals surface area contributed by atoms with Crippen LogP contribution in [0.1, 0.15) is 6.92 Å². The van der Waals surface area contributed by atoms with Gasteiger partial charge in [0.1, 0.15) is 5.82 Å². The fourth-order valence-electron chi connectivity index (χ4n) is 2.16. The Morgan fingerprint density at radius 3 is 2.45 bits per heavy atom. The summed E-state index contributed by atoms with van der Waals surface area (Å²) >= 11 is 0. The van der Waals surface area contributed by atoms with Crippen LogP contribution in [0.3, 0.4) is 0 Å². The van der Waals surface area contributed by atoms with Crippen molar-refractivity contribution in [3.05, 3.63) is 30.1 Å². The van der Waals surface area contributed by atoms with Crippen LogP contribution in [0.4, 0.5) is 10.1 Å². The molecule has 1 aliphatic rings. The molecule has 0 aliphatic carbocycles. The van der Waals surface area contributed by atoms with Gasteiger partial charge in [0.25, 0.3) is 0 Å². The average Bonchev–Trinajstić information content (AvgIpc) is 2.45. The Kier molecular flexibility index (Phi) is 4.55. The minimum atomic E-state index is -0.336. The summed E-state index contributed by atoms with van der Waals surface area (Å²) in [7, 11) is 0. The molecule has 20 heavy (non-hydrogen) atoms. The summed E-state index contributed by atoms with van der Waals surface area (Å²) in [5.74, 6) is -0.343. The molecule has 1 aliphatic heterocycles. The largest absolute Gasteiger partial charge is 0.376 e. The van der Waals surface area contributed by atoms with Crippen LogP contribution in [-0.2, 0) is 9.59 Å². The van der Waals surface area contributed by atoms with Crippen molar-refractivity contribution in [2.24, 2.45) is 0 Å². The van der Waals surface area contributed by atoms with E-state index in [-0.39, 0.29) is 24.2 Å². The van der Waals surface area contributed by atoms with Crippen molar-refractivity contribution in [1.29, 1.82) is 0 Å². The topological polar surface area (TPSA) is 52.7 Å². The number of nitrogens with one attached hydrogen (secondary N) is 1. The first kappa shape index (κ1) is 14.3. The molecule has 0 unspecified atom stereocenters. The molecule has 1 fully saturated rings. The van der Waals surface area contributed by atoms with Crippen LogP contribution < -0.4 is 5.32 Å². The van der Waals surface area contributed by atoms with Gasteiger partial charge in [0, 0.05) is 38.8 Å². The fourth-order valence-corrected chi connectivity index (χ4v) is 2.16. The van der Waals surface area contributed by atoms with Crippen molar-refractivity contribution >= 4 is 17.5 Å². The molecule has 5 nitrogen and oxygen atoms in total. The summed E-state index contributed by atoms with van der Waals surface area (Å²) in [6, 6.07) is 6.01. The maximum absolute atomic E-state index is 13.0. The highest BCUT2D eigenvalue weighted by Gasteiger charge is 2.21. The number of carbonyl (C=O) groups excluding carboxylic acids is 2. The molecule has 1 heterocycles. The number of carbonyl (C=O) groups is 2. The quantitative estimate of drug-likeness (QED) is 0.895. The SMILES string of the molecule is CC(=O)N1CCN(C(=O)CNc2cccc(F)c2)CC1. The Bertz CT molecular complexity index is 499. The van der Waals surface area contributed by atoms with Crippen molar-refractivity contribution in [2.75, 3.05) is 38.0 Å². The van der Waals surface area contributed by atoms with E-state index in [1.165, 1.54) is 19.1 Å². The second-order valence-corrected chi connectivity index (χ2v) is 4.75. The first-order chi connectivity index (χ1) is 9.56. The number of piperazine rings is 1. The van der Waals surface area contributed by atoms with Gasteiger partial charge >= 0.3 is 0 Å². The maximum Gasteiger partial charge on any atom is 0.241 e. The molecule has 0 saturated carbocycles. The van der Waals surface area contributed by atoms with Gasteiger partial charge in [-0.05, 0) is 18.2 Å². The summed E-state index contributed by atoms with van der Waals surface area (Å²) in [5.41, 5.74) is 0.584. The number of hydrogen-bond donors (Lipinski definition) is 1. The van der Waals surface area contributed by atoms with Crippen LogP contribution in [0, 0.1) is 5.82 Å². The van der Waals surface area contributed by atoms with Crippen molar-refractivity contribution in [1.82, 2.24) is 9.80 Å². The van der Waals surface area contributed by atoms with E-state index in [9.17, 15) is 14.0 Å². The lowest BCUT2D eigenvalue weighted by atomic mass is 10.3. The first-order valence-corrected chi connectivity index (χ1v) is 6.59. The Labute approximate surface area is 117 Å². The predicted octanol–water partition coefficient (Wildman–Crippen LogP) is 0.928. The molecule has 108 valence electrons. The van der Waals surface area contributed by atoms with E-state index in [4.69, 9.17) is 0 Å². The van der Waals surface area contributed by atoms with Gasteiger partial charge in [-0.1, -0.05) is 6.07 Å². The molecule has 0 spiro atoms. The molecule has 0 radical (unpaired) electrons.